The highest BCUT2D eigenvalue weighted by Gasteiger charge is 1.99. The number of aromatic nitrogens is 2. The standard InChI is InChI=1S/C10H10FN3S/c1-7-12-5-8(15-7)6-13-10-4-2-3-9(11)14-10/h2-5H,6H2,1H3,(H,13,14). The van der Waals surface area contributed by atoms with E-state index < -0.39 is 5.95 Å². The molecule has 2 heterocycles. The maximum atomic E-state index is 12.7. The van der Waals surface area contributed by atoms with E-state index in [4.69, 9.17) is 0 Å². The lowest BCUT2D eigenvalue weighted by Crippen LogP contribution is -2.00. The van der Waals surface area contributed by atoms with Crippen LogP contribution < -0.4 is 5.32 Å². The Morgan fingerprint density at radius 1 is 1.47 bits per heavy atom. The third-order valence-corrected chi connectivity index (χ3v) is 2.74. The fraction of sp³-hybridized carbons (Fsp3) is 0.200. The summed E-state index contributed by atoms with van der Waals surface area (Å²) in [5.74, 6) is 0.0709. The molecule has 5 heteroatoms. The molecular formula is C10H10FN3S. The number of hydrogen-bond donors (Lipinski definition) is 1. The van der Waals surface area contributed by atoms with E-state index in [1.165, 1.54) is 6.07 Å². The van der Waals surface area contributed by atoms with Crippen molar-refractivity contribution in [3.05, 3.63) is 40.2 Å². The van der Waals surface area contributed by atoms with Gasteiger partial charge in [-0.15, -0.1) is 11.3 Å². The highest BCUT2D eigenvalue weighted by atomic mass is 32.1. The number of rotatable bonds is 3. The smallest absolute Gasteiger partial charge is 0.214 e. The van der Waals surface area contributed by atoms with Gasteiger partial charge in [0.1, 0.15) is 5.82 Å². The number of aryl methyl sites for hydroxylation is 1. The number of anilines is 1. The summed E-state index contributed by atoms with van der Waals surface area (Å²) >= 11 is 1.62. The fourth-order valence-corrected chi connectivity index (χ4v) is 1.91. The summed E-state index contributed by atoms with van der Waals surface area (Å²) in [7, 11) is 0. The first-order valence-electron chi connectivity index (χ1n) is 4.52. The lowest BCUT2D eigenvalue weighted by atomic mass is 10.4. The average Bonchev–Trinajstić information content (AvgIpc) is 2.62. The first kappa shape index (κ1) is 10.0. The molecule has 0 unspecified atom stereocenters. The van der Waals surface area contributed by atoms with Gasteiger partial charge in [0.2, 0.25) is 5.95 Å². The molecule has 0 radical (unpaired) electrons. The second kappa shape index (κ2) is 4.35. The highest BCUT2D eigenvalue weighted by molar-refractivity contribution is 7.11. The van der Waals surface area contributed by atoms with E-state index >= 15 is 0 Å². The SMILES string of the molecule is Cc1ncc(CNc2cccc(F)n2)s1. The van der Waals surface area contributed by atoms with Gasteiger partial charge in [0.25, 0.3) is 0 Å². The number of nitrogens with one attached hydrogen (secondary N) is 1. The number of thiazole rings is 1. The zero-order chi connectivity index (χ0) is 10.7. The Kier molecular flexibility index (Phi) is 2.91. The van der Waals surface area contributed by atoms with Crippen LogP contribution in [0.2, 0.25) is 0 Å². The normalized spacial score (nSPS) is 10.3. The molecule has 78 valence electrons. The molecule has 0 saturated heterocycles. The van der Waals surface area contributed by atoms with E-state index in [9.17, 15) is 4.39 Å². The van der Waals surface area contributed by atoms with Crippen LogP contribution in [0.4, 0.5) is 10.2 Å². The molecule has 0 saturated carbocycles. The summed E-state index contributed by atoms with van der Waals surface area (Å²) in [6.45, 7) is 2.58. The van der Waals surface area contributed by atoms with Crippen LogP contribution in [0.1, 0.15) is 9.88 Å². The van der Waals surface area contributed by atoms with Crippen molar-refractivity contribution in [3.63, 3.8) is 0 Å². The van der Waals surface area contributed by atoms with Gasteiger partial charge in [0.15, 0.2) is 0 Å². The van der Waals surface area contributed by atoms with Crippen molar-refractivity contribution in [1.82, 2.24) is 9.97 Å². The predicted molar refractivity (Wildman–Crippen MR) is 58.4 cm³/mol. The number of halogens is 1. The van der Waals surface area contributed by atoms with E-state index in [-0.39, 0.29) is 0 Å². The summed E-state index contributed by atoms with van der Waals surface area (Å²) in [5.41, 5.74) is 0. The third kappa shape index (κ3) is 2.73. The van der Waals surface area contributed by atoms with Crippen LogP contribution in [-0.2, 0) is 6.54 Å². The molecule has 0 aliphatic carbocycles. The monoisotopic (exact) mass is 223 g/mol. The van der Waals surface area contributed by atoms with Crippen LogP contribution in [-0.4, -0.2) is 9.97 Å². The first-order chi connectivity index (χ1) is 7.24. The van der Waals surface area contributed by atoms with Crippen molar-refractivity contribution in [2.24, 2.45) is 0 Å². The van der Waals surface area contributed by atoms with Crippen LogP contribution in [0.25, 0.3) is 0 Å². The molecule has 2 aromatic heterocycles. The van der Waals surface area contributed by atoms with Gasteiger partial charge >= 0.3 is 0 Å². The Bertz CT molecular complexity index is 455. The van der Waals surface area contributed by atoms with Crippen molar-refractivity contribution in [2.75, 3.05) is 5.32 Å². The largest absolute Gasteiger partial charge is 0.365 e. The second-order valence-electron chi connectivity index (χ2n) is 3.04. The van der Waals surface area contributed by atoms with Crippen LogP contribution in [0, 0.1) is 12.9 Å². The lowest BCUT2D eigenvalue weighted by molar-refractivity contribution is 0.585. The molecule has 0 fully saturated rings. The molecule has 1 N–H and O–H groups in total. The summed E-state index contributed by atoms with van der Waals surface area (Å²) in [5, 5.41) is 4.06. The zero-order valence-corrected chi connectivity index (χ0v) is 9.01. The van der Waals surface area contributed by atoms with Crippen molar-refractivity contribution in [3.8, 4) is 0 Å². The van der Waals surface area contributed by atoms with Gasteiger partial charge in [-0.3, -0.25) is 0 Å². The fourth-order valence-electron chi connectivity index (χ4n) is 1.17. The van der Waals surface area contributed by atoms with Gasteiger partial charge in [0, 0.05) is 11.1 Å². The van der Waals surface area contributed by atoms with E-state index in [0.29, 0.717) is 12.4 Å². The van der Waals surface area contributed by atoms with Crippen LogP contribution in [0.3, 0.4) is 0 Å². The molecule has 0 amide bonds. The summed E-state index contributed by atoms with van der Waals surface area (Å²) < 4.78 is 12.7. The number of hydrogen-bond acceptors (Lipinski definition) is 4. The number of nitrogens with zero attached hydrogens (tertiary/aromatic N) is 2. The van der Waals surface area contributed by atoms with Gasteiger partial charge in [-0.05, 0) is 19.1 Å². The third-order valence-electron chi connectivity index (χ3n) is 1.83. The van der Waals surface area contributed by atoms with Gasteiger partial charge < -0.3 is 5.32 Å². The van der Waals surface area contributed by atoms with E-state index in [0.717, 1.165) is 9.88 Å². The molecule has 0 aromatic carbocycles. The summed E-state index contributed by atoms with van der Waals surface area (Å²) in [4.78, 5) is 8.94. The second-order valence-corrected chi connectivity index (χ2v) is 4.36. The van der Waals surface area contributed by atoms with Gasteiger partial charge in [-0.2, -0.15) is 4.39 Å². The van der Waals surface area contributed by atoms with Gasteiger partial charge in [-0.25, -0.2) is 9.97 Å². The van der Waals surface area contributed by atoms with E-state index in [2.05, 4.69) is 15.3 Å². The Balaban J connectivity index is 1.99. The van der Waals surface area contributed by atoms with Crippen LogP contribution >= 0.6 is 11.3 Å². The number of pyridine rings is 1. The maximum absolute atomic E-state index is 12.7. The maximum Gasteiger partial charge on any atom is 0.214 e. The molecule has 0 spiro atoms. The predicted octanol–water partition coefficient (Wildman–Crippen LogP) is 2.60. The molecule has 0 aliphatic rings. The molecule has 2 rings (SSSR count). The minimum atomic E-state index is -0.472. The average molecular weight is 223 g/mol. The molecule has 3 nitrogen and oxygen atoms in total. The van der Waals surface area contributed by atoms with Crippen LogP contribution in [0.15, 0.2) is 24.4 Å². The Morgan fingerprint density at radius 2 is 2.33 bits per heavy atom. The van der Waals surface area contributed by atoms with Gasteiger partial charge in [0.05, 0.1) is 11.6 Å². The van der Waals surface area contributed by atoms with Crippen molar-refractivity contribution in [1.29, 1.82) is 0 Å². The summed E-state index contributed by atoms with van der Waals surface area (Å²) in [6.07, 6.45) is 1.81. The van der Waals surface area contributed by atoms with E-state index in [1.54, 1.807) is 23.5 Å². The minimum absolute atomic E-state index is 0.472. The van der Waals surface area contributed by atoms with Crippen molar-refractivity contribution >= 4 is 17.2 Å². The molecular weight excluding hydrogens is 213 g/mol. The Labute approximate surface area is 91.0 Å². The highest BCUT2D eigenvalue weighted by Crippen LogP contribution is 2.13. The minimum Gasteiger partial charge on any atom is -0.365 e. The first-order valence-corrected chi connectivity index (χ1v) is 5.33. The molecule has 2 aromatic rings. The zero-order valence-electron chi connectivity index (χ0n) is 8.20. The van der Waals surface area contributed by atoms with Crippen LogP contribution in [0.5, 0.6) is 0 Å². The lowest BCUT2D eigenvalue weighted by Gasteiger charge is -2.02. The Morgan fingerprint density at radius 3 is 3.00 bits per heavy atom. The van der Waals surface area contributed by atoms with E-state index in [1.807, 2.05) is 13.1 Å². The molecule has 0 bridgehead atoms. The summed E-state index contributed by atoms with van der Waals surface area (Å²) in [6, 6.07) is 4.68. The van der Waals surface area contributed by atoms with Crippen molar-refractivity contribution < 1.29 is 4.39 Å². The quantitative estimate of drug-likeness (QED) is 0.813. The van der Waals surface area contributed by atoms with Gasteiger partial charge in [-0.1, -0.05) is 6.07 Å². The Hall–Kier alpha value is -1.49. The topological polar surface area (TPSA) is 37.8 Å². The molecule has 0 atom stereocenters. The molecule has 0 aliphatic heterocycles. The molecule has 15 heavy (non-hydrogen) atoms. The van der Waals surface area contributed by atoms with Crippen molar-refractivity contribution in [2.45, 2.75) is 13.5 Å².